The third kappa shape index (κ3) is 5.89. The quantitative estimate of drug-likeness (QED) is 0.572. The van der Waals surface area contributed by atoms with Gasteiger partial charge in [-0.25, -0.2) is 0 Å². The summed E-state index contributed by atoms with van der Waals surface area (Å²) in [7, 11) is 0. The summed E-state index contributed by atoms with van der Waals surface area (Å²) in [6.07, 6.45) is 3.03. The van der Waals surface area contributed by atoms with E-state index in [4.69, 9.17) is 0 Å². The maximum absolute atomic E-state index is 10.5. The van der Waals surface area contributed by atoms with E-state index in [1.54, 1.807) is 0 Å². The number of carbonyl (C=O) groups is 1. The van der Waals surface area contributed by atoms with Gasteiger partial charge in [0.1, 0.15) is 0 Å². The Bertz CT molecular complexity index is 102. The first-order valence-corrected chi connectivity index (χ1v) is 4.47. The zero-order valence-electron chi connectivity index (χ0n) is 7.81. The molecule has 1 saturated heterocycles. The summed E-state index contributed by atoms with van der Waals surface area (Å²) in [5.41, 5.74) is 0. The molecule has 1 aliphatic heterocycles. The molecule has 66 valence electrons. The average molecular weight is 157 g/mol. The molecule has 1 unspecified atom stereocenters. The topological polar surface area (TPSA) is 29.1 Å². The Kier molecular flexibility index (Phi) is 5.90. The second-order valence-electron chi connectivity index (χ2n) is 3.16. The van der Waals surface area contributed by atoms with Crippen molar-refractivity contribution >= 4 is 5.91 Å². The minimum Gasteiger partial charge on any atom is -0.356 e. The van der Waals surface area contributed by atoms with Gasteiger partial charge in [-0.3, -0.25) is 4.79 Å². The number of piperidine rings is 1. The van der Waals surface area contributed by atoms with E-state index in [1.165, 1.54) is 6.42 Å². The molecule has 0 aromatic rings. The van der Waals surface area contributed by atoms with Gasteiger partial charge in [-0.05, 0) is 12.3 Å². The van der Waals surface area contributed by atoms with Gasteiger partial charge in [-0.15, -0.1) is 0 Å². The van der Waals surface area contributed by atoms with Gasteiger partial charge in [0, 0.05) is 13.0 Å². The fourth-order valence-electron chi connectivity index (χ4n) is 0.856. The first kappa shape index (κ1) is 10.5. The van der Waals surface area contributed by atoms with Crippen molar-refractivity contribution in [2.45, 2.75) is 40.0 Å². The minimum atomic E-state index is 0.211. The summed E-state index contributed by atoms with van der Waals surface area (Å²) in [5, 5.41) is 2.79. The predicted molar refractivity (Wildman–Crippen MR) is 47.4 cm³/mol. The maximum Gasteiger partial charge on any atom is 0.220 e. The molecule has 1 N–H and O–H groups in total. The highest BCUT2D eigenvalue weighted by Gasteiger charge is 2.12. The second kappa shape index (κ2) is 6.20. The molecule has 0 saturated carbocycles. The summed E-state index contributed by atoms with van der Waals surface area (Å²) >= 11 is 0. The van der Waals surface area contributed by atoms with Crippen LogP contribution in [0.15, 0.2) is 0 Å². The molecule has 0 spiro atoms. The molecule has 0 aliphatic carbocycles. The van der Waals surface area contributed by atoms with E-state index in [-0.39, 0.29) is 5.91 Å². The fourth-order valence-corrected chi connectivity index (χ4v) is 0.856. The number of rotatable bonds is 0. The van der Waals surface area contributed by atoms with Crippen molar-refractivity contribution in [3.8, 4) is 0 Å². The van der Waals surface area contributed by atoms with Crippen LogP contribution >= 0.6 is 0 Å². The van der Waals surface area contributed by atoms with Crippen LogP contribution in [0.1, 0.15) is 40.0 Å². The van der Waals surface area contributed by atoms with Gasteiger partial charge < -0.3 is 5.32 Å². The molecular weight excluding hydrogens is 138 g/mol. The highest BCUT2D eigenvalue weighted by atomic mass is 16.1. The lowest BCUT2D eigenvalue weighted by atomic mass is 10.0. The first-order valence-electron chi connectivity index (χ1n) is 4.47. The number of carbonyl (C=O) groups excluding carboxylic acids is 1. The van der Waals surface area contributed by atoms with Crippen LogP contribution in [-0.4, -0.2) is 12.5 Å². The van der Waals surface area contributed by atoms with Gasteiger partial charge in [0.25, 0.3) is 0 Å². The summed E-state index contributed by atoms with van der Waals surface area (Å²) in [4.78, 5) is 10.5. The summed E-state index contributed by atoms with van der Waals surface area (Å²) < 4.78 is 0. The van der Waals surface area contributed by atoms with Crippen LogP contribution < -0.4 is 5.32 Å². The largest absolute Gasteiger partial charge is 0.356 e. The highest BCUT2D eigenvalue weighted by molar-refractivity contribution is 5.76. The van der Waals surface area contributed by atoms with Crippen LogP contribution in [0, 0.1) is 5.92 Å². The van der Waals surface area contributed by atoms with Crippen LogP contribution in [0.5, 0.6) is 0 Å². The molecule has 1 rings (SSSR count). The zero-order valence-corrected chi connectivity index (χ0v) is 7.81. The Morgan fingerprint density at radius 1 is 1.55 bits per heavy atom. The van der Waals surface area contributed by atoms with Gasteiger partial charge in [0.2, 0.25) is 5.91 Å². The van der Waals surface area contributed by atoms with Gasteiger partial charge in [-0.1, -0.05) is 27.2 Å². The zero-order chi connectivity index (χ0) is 8.69. The van der Waals surface area contributed by atoms with E-state index >= 15 is 0 Å². The number of nitrogens with one attached hydrogen (secondary N) is 1. The number of amides is 1. The second-order valence-corrected chi connectivity index (χ2v) is 3.16. The highest BCUT2D eigenvalue weighted by Crippen LogP contribution is 2.07. The van der Waals surface area contributed by atoms with E-state index < -0.39 is 0 Å². The van der Waals surface area contributed by atoms with Gasteiger partial charge in [0.05, 0.1) is 0 Å². The van der Waals surface area contributed by atoms with Crippen LogP contribution in [0.25, 0.3) is 0 Å². The van der Waals surface area contributed by atoms with E-state index in [9.17, 15) is 4.79 Å². The fraction of sp³-hybridized carbons (Fsp3) is 0.889. The molecular formula is C9H19NO. The van der Waals surface area contributed by atoms with Crippen molar-refractivity contribution in [2.75, 3.05) is 6.54 Å². The molecule has 1 heterocycles. The Balaban J connectivity index is 0.000000292. The van der Waals surface area contributed by atoms with Crippen molar-refractivity contribution in [1.29, 1.82) is 0 Å². The van der Waals surface area contributed by atoms with Crippen molar-refractivity contribution in [2.24, 2.45) is 5.92 Å². The molecule has 0 bridgehead atoms. The Morgan fingerprint density at radius 2 is 2.09 bits per heavy atom. The standard InChI is InChI=1S/C6H11NO.C3H8/c1-5-2-3-6(8)7-4-5;1-3-2/h5H,2-4H2,1H3,(H,7,8);3H2,1-2H3. The van der Waals surface area contributed by atoms with Crippen molar-refractivity contribution in [1.82, 2.24) is 5.32 Å². The maximum atomic E-state index is 10.5. The summed E-state index contributed by atoms with van der Waals surface area (Å²) in [5.74, 6) is 0.899. The predicted octanol–water partition coefficient (Wildman–Crippen LogP) is 1.95. The smallest absolute Gasteiger partial charge is 0.220 e. The molecule has 11 heavy (non-hydrogen) atoms. The van der Waals surface area contributed by atoms with Crippen LogP contribution in [0.3, 0.4) is 0 Å². The molecule has 0 aromatic heterocycles. The SMILES string of the molecule is CC1CCC(=O)NC1.CCC. The Hall–Kier alpha value is -0.530. The van der Waals surface area contributed by atoms with Crippen molar-refractivity contribution in [3.05, 3.63) is 0 Å². The van der Waals surface area contributed by atoms with E-state index in [0.29, 0.717) is 5.92 Å². The lowest BCUT2D eigenvalue weighted by Gasteiger charge is -2.17. The van der Waals surface area contributed by atoms with Crippen LogP contribution in [0.2, 0.25) is 0 Å². The Labute approximate surface area is 69.4 Å². The number of hydrogen-bond donors (Lipinski definition) is 1. The monoisotopic (exact) mass is 157 g/mol. The molecule has 1 amide bonds. The van der Waals surface area contributed by atoms with Crippen molar-refractivity contribution < 1.29 is 4.79 Å². The van der Waals surface area contributed by atoms with Crippen LogP contribution in [-0.2, 0) is 4.79 Å². The molecule has 1 atom stereocenters. The molecule has 0 radical (unpaired) electrons. The minimum absolute atomic E-state index is 0.211. The lowest BCUT2D eigenvalue weighted by Crippen LogP contribution is -2.33. The Morgan fingerprint density at radius 3 is 2.36 bits per heavy atom. The first-order chi connectivity index (χ1) is 5.20. The normalized spacial score (nSPS) is 23.2. The van der Waals surface area contributed by atoms with E-state index in [1.807, 2.05) is 0 Å². The summed E-state index contributed by atoms with van der Waals surface area (Å²) in [6.45, 7) is 7.28. The van der Waals surface area contributed by atoms with E-state index in [0.717, 1.165) is 19.4 Å². The average Bonchev–Trinajstić information content (AvgIpc) is 1.97. The van der Waals surface area contributed by atoms with Crippen LogP contribution in [0.4, 0.5) is 0 Å². The molecule has 1 aliphatic rings. The third-order valence-corrected chi connectivity index (χ3v) is 1.51. The molecule has 2 heteroatoms. The third-order valence-electron chi connectivity index (χ3n) is 1.51. The van der Waals surface area contributed by atoms with E-state index in [2.05, 4.69) is 26.1 Å². The van der Waals surface area contributed by atoms with Gasteiger partial charge in [0.15, 0.2) is 0 Å². The lowest BCUT2D eigenvalue weighted by molar-refractivity contribution is -0.122. The van der Waals surface area contributed by atoms with Gasteiger partial charge in [-0.2, -0.15) is 0 Å². The molecule has 1 fully saturated rings. The molecule has 2 nitrogen and oxygen atoms in total. The van der Waals surface area contributed by atoms with Gasteiger partial charge >= 0.3 is 0 Å². The molecule has 0 aromatic carbocycles. The number of hydrogen-bond acceptors (Lipinski definition) is 1. The summed E-state index contributed by atoms with van der Waals surface area (Å²) in [6, 6.07) is 0. The van der Waals surface area contributed by atoms with Crippen molar-refractivity contribution in [3.63, 3.8) is 0 Å².